The molecule has 2 fully saturated rings. The monoisotopic (exact) mass is 545 g/mol. The molecule has 0 bridgehead atoms. The fourth-order valence-electron chi connectivity index (χ4n) is 4.34. The lowest BCUT2D eigenvalue weighted by Gasteiger charge is -2.46. The molecule has 3 N–H and O–H groups in total. The summed E-state index contributed by atoms with van der Waals surface area (Å²) in [6, 6.07) is 11.7. The Balaban J connectivity index is 1.58. The van der Waals surface area contributed by atoms with E-state index in [1.165, 1.54) is 4.90 Å². The second kappa shape index (κ2) is 11.4. The lowest BCUT2D eigenvalue weighted by molar-refractivity contribution is -0.262. The van der Waals surface area contributed by atoms with Crippen LogP contribution in [0.2, 0.25) is 5.02 Å². The van der Waals surface area contributed by atoms with Crippen LogP contribution >= 0.6 is 11.6 Å². The van der Waals surface area contributed by atoms with Crippen molar-refractivity contribution < 1.29 is 23.8 Å². The molecule has 2 saturated heterocycles. The van der Waals surface area contributed by atoms with Gasteiger partial charge in [-0.1, -0.05) is 23.7 Å². The van der Waals surface area contributed by atoms with E-state index in [0.717, 1.165) is 26.8 Å². The summed E-state index contributed by atoms with van der Waals surface area (Å²) < 4.78 is 17.3. The molecule has 0 radical (unpaired) electrons. The fraction of sp³-hybridized carbons (Fsp3) is 0.481. The number of imide groups is 1. The van der Waals surface area contributed by atoms with Crippen molar-refractivity contribution in [2.24, 2.45) is 11.8 Å². The molecule has 0 aromatic heterocycles. The van der Waals surface area contributed by atoms with Crippen LogP contribution in [0.1, 0.15) is 38.8 Å². The van der Waals surface area contributed by atoms with E-state index in [9.17, 15) is 9.59 Å². The molecule has 1 unspecified atom stereocenters. The molecule has 2 aromatic carbocycles. The van der Waals surface area contributed by atoms with Gasteiger partial charge in [0.15, 0.2) is 5.79 Å². The molecule has 2 aromatic rings. The predicted molar refractivity (Wildman–Crippen MR) is 144 cm³/mol. The first-order chi connectivity index (χ1) is 17.9. The maximum Gasteiger partial charge on any atom is 0.345 e. The molecular weight excluding hydrogens is 510 g/mol. The van der Waals surface area contributed by atoms with Gasteiger partial charge in [0.25, 0.3) is 0 Å². The number of urea groups is 2. The highest BCUT2D eigenvalue weighted by molar-refractivity contribution is 6.30. The molecule has 0 saturated carbocycles. The Labute approximate surface area is 228 Å². The number of benzene rings is 2. The van der Waals surface area contributed by atoms with Crippen LogP contribution in [-0.4, -0.2) is 64.8 Å². The number of hydrogen-bond donors (Lipinski definition) is 2. The van der Waals surface area contributed by atoms with Crippen molar-refractivity contribution in [2.45, 2.75) is 59.3 Å². The number of hydrazine groups is 1. The van der Waals surface area contributed by atoms with E-state index < -0.39 is 24.1 Å². The number of nitrogens with two attached hydrogens (primary N) is 1. The van der Waals surface area contributed by atoms with Gasteiger partial charge in [-0.2, -0.15) is 0 Å². The van der Waals surface area contributed by atoms with Gasteiger partial charge in [-0.25, -0.2) is 25.3 Å². The third-order valence-corrected chi connectivity index (χ3v) is 6.61. The molecule has 2 aliphatic heterocycles. The summed E-state index contributed by atoms with van der Waals surface area (Å²) >= 11 is 6.06. The standard InChI is InChI=1S/C27H36ClN5O5/c1-17(2)38-23-11-10-22(12-18(23)3)30-24-31(13-19-6-8-21(28)9-7-19)25(34)32(26(35)33(24)29)14-20-15-36-27(4,5)37-16-20/h6-12,17,20,24,30H,13-16,29H2,1-5H3. The Kier molecular flexibility index (Phi) is 8.37. The highest BCUT2D eigenvalue weighted by Gasteiger charge is 2.44. The van der Waals surface area contributed by atoms with E-state index in [4.69, 9.17) is 31.7 Å². The third-order valence-electron chi connectivity index (χ3n) is 6.36. The van der Waals surface area contributed by atoms with Crippen LogP contribution in [0.3, 0.4) is 0 Å². The van der Waals surface area contributed by atoms with Crippen molar-refractivity contribution in [2.75, 3.05) is 25.1 Å². The van der Waals surface area contributed by atoms with Gasteiger partial charge >= 0.3 is 12.1 Å². The molecule has 2 heterocycles. The fourth-order valence-corrected chi connectivity index (χ4v) is 4.47. The number of amides is 4. The number of nitrogens with one attached hydrogen (secondary N) is 1. The number of anilines is 1. The van der Waals surface area contributed by atoms with Crippen LogP contribution in [0.5, 0.6) is 5.75 Å². The van der Waals surface area contributed by atoms with Crippen molar-refractivity contribution in [3.8, 4) is 5.75 Å². The molecule has 206 valence electrons. The second-order valence-electron chi connectivity index (χ2n) is 10.4. The molecular formula is C27H36ClN5O5. The highest BCUT2D eigenvalue weighted by atomic mass is 35.5. The number of nitrogens with zero attached hydrogens (tertiary/aromatic N) is 3. The number of carbonyl (C=O) groups is 2. The minimum absolute atomic E-state index is 0.0347. The van der Waals surface area contributed by atoms with Gasteiger partial charge in [-0.05, 0) is 76.1 Å². The highest BCUT2D eigenvalue weighted by Crippen LogP contribution is 2.28. The summed E-state index contributed by atoms with van der Waals surface area (Å²) in [4.78, 5) is 29.8. The topological polar surface area (TPSA) is 110 Å². The van der Waals surface area contributed by atoms with E-state index in [0.29, 0.717) is 23.9 Å². The molecule has 4 rings (SSSR count). The Morgan fingerprint density at radius 1 is 1.11 bits per heavy atom. The zero-order valence-corrected chi connectivity index (χ0v) is 23.2. The van der Waals surface area contributed by atoms with Gasteiger partial charge in [0.1, 0.15) is 5.75 Å². The van der Waals surface area contributed by atoms with Crippen LogP contribution in [-0.2, 0) is 16.0 Å². The smallest absolute Gasteiger partial charge is 0.345 e. The molecule has 0 spiro atoms. The number of rotatable bonds is 8. The maximum atomic E-state index is 13.8. The number of hydrogen-bond acceptors (Lipinski definition) is 7. The summed E-state index contributed by atoms with van der Waals surface area (Å²) in [5, 5.41) is 4.89. The summed E-state index contributed by atoms with van der Waals surface area (Å²) in [5.41, 5.74) is 2.43. The van der Waals surface area contributed by atoms with E-state index in [-0.39, 0.29) is 25.1 Å². The Bertz CT molecular complexity index is 1150. The van der Waals surface area contributed by atoms with Crippen LogP contribution < -0.4 is 15.9 Å². The Morgan fingerprint density at radius 3 is 2.37 bits per heavy atom. The first-order valence-corrected chi connectivity index (χ1v) is 13.0. The van der Waals surface area contributed by atoms with E-state index in [1.807, 2.05) is 65.0 Å². The number of carbonyl (C=O) groups excluding carboxylic acids is 2. The van der Waals surface area contributed by atoms with Crippen molar-refractivity contribution in [1.29, 1.82) is 0 Å². The van der Waals surface area contributed by atoms with Crippen LogP contribution in [0.15, 0.2) is 42.5 Å². The van der Waals surface area contributed by atoms with Gasteiger partial charge in [0, 0.05) is 23.2 Å². The van der Waals surface area contributed by atoms with Crippen molar-refractivity contribution in [3.63, 3.8) is 0 Å². The zero-order chi connectivity index (χ0) is 27.6. The van der Waals surface area contributed by atoms with Crippen LogP contribution in [0, 0.1) is 12.8 Å². The molecule has 11 heteroatoms. The number of aryl methyl sites for hydroxylation is 1. The van der Waals surface area contributed by atoms with Gasteiger partial charge in [0.2, 0.25) is 6.29 Å². The first-order valence-electron chi connectivity index (χ1n) is 12.7. The Hall–Kier alpha value is -3.05. The summed E-state index contributed by atoms with van der Waals surface area (Å²) in [6.45, 7) is 10.5. The van der Waals surface area contributed by atoms with Gasteiger partial charge in [0.05, 0.1) is 25.9 Å². The molecule has 2 aliphatic rings. The number of ether oxygens (including phenoxy) is 3. The minimum atomic E-state index is -0.934. The second-order valence-corrected chi connectivity index (χ2v) is 10.8. The lowest BCUT2D eigenvalue weighted by Crippen LogP contribution is -2.71. The van der Waals surface area contributed by atoms with Crippen molar-refractivity contribution in [1.82, 2.24) is 14.8 Å². The Morgan fingerprint density at radius 2 is 1.76 bits per heavy atom. The molecule has 10 nitrogen and oxygen atoms in total. The quantitative estimate of drug-likeness (QED) is 0.363. The average molecular weight is 546 g/mol. The van der Waals surface area contributed by atoms with Crippen molar-refractivity contribution >= 4 is 29.4 Å². The van der Waals surface area contributed by atoms with Gasteiger partial charge in [-0.15, -0.1) is 0 Å². The molecule has 4 amide bonds. The van der Waals surface area contributed by atoms with Gasteiger partial charge in [-0.3, -0.25) is 4.90 Å². The van der Waals surface area contributed by atoms with E-state index in [2.05, 4.69) is 5.32 Å². The average Bonchev–Trinajstić information content (AvgIpc) is 2.86. The van der Waals surface area contributed by atoms with Crippen LogP contribution in [0.25, 0.3) is 0 Å². The molecule has 38 heavy (non-hydrogen) atoms. The third kappa shape index (κ3) is 6.50. The minimum Gasteiger partial charge on any atom is -0.491 e. The normalized spacial score (nSPS) is 20.3. The maximum absolute atomic E-state index is 13.8. The first kappa shape index (κ1) is 28.0. The van der Waals surface area contributed by atoms with Gasteiger partial charge < -0.3 is 19.5 Å². The van der Waals surface area contributed by atoms with Crippen molar-refractivity contribution in [3.05, 3.63) is 58.6 Å². The molecule has 1 atom stereocenters. The molecule has 0 aliphatic carbocycles. The van der Waals surface area contributed by atoms with E-state index >= 15 is 0 Å². The summed E-state index contributed by atoms with van der Waals surface area (Å²) in [7, 11) is 0. The lowest BCUT2D eigenvalue weighted by atomic mass is 10.1. The largest absolute Gasteiger partial charge is 0.491 e. The predicted octanol–water partition coefficient (Wildman–Crippen LogP) is 4.76. The summed E-state index contributed by atoms with van der Waals surface area (Å²) in [5.74, 6) is 6.23. The zero-order valence-electron chi connectivity index (χ0n) is 22.4. The SMILES string of the molecule is Cc1cc(NC2N(N)C(=O)N(CC3COC(C)(C)OC3)C(=O)N2Cc2ccc(Cl)cc2)ccc1OC(C)C. The summed E-state index contributed by atoms with van der Waals surface area (Å²) in [6.07, 6.45) is -0.900. The van der Waals surface area contributed by atoms with E-state index in [1.54, 1.807) is 12.1 Å². The number of halogens is 1. The van der Waals surface area contributed by atoms with Crippen LogP contribution in [0.4, 0.5) is 15.3 Å².